The van der Waals surface area contributed by atoms with Gasteiger partial charge in [-0.2, -0.15) is 0 Å². The zero-order valence-electron chi connectivity index (χ0n) is 15.3. The van der Waals surface area contributed by atoms with Gasteiger partial charge >= 0.3 is 0 Å². The van der Waals surface area contributed by atoms with Gasteiger partial charge < -0.3 is 10.1 Å². The molecule has 2 heterocycles. The summed E-state index contributed by atoms with van der Waals surface area (Å²) in [7, 11) is 0. The predicted molar refractivity (Wildman–Crippen MR) is 100 cm³/mol. The van der Waals surface area contributed by atoms with E-state index in [1.165, 1.54) is 11.1 Å². The largest absolute Gasteiger partial charge is 0.380 e. The Hall–Kier alpha value is -2.40. The molecule has 0 unspecified atom stereocenters. The van der Waals surface area contributed by atoms with E-state index in [1.807, 2.05) is 25.1 Å². The predicted octanol–water partition coefficient (Wildman–Crippen LogP) is 2.40. The lowest BCUT2D eigenvalue weighted by Crippen LogP contribution is -2.49. The molecule has 2 aromatic rings. The van der Waals surface area contributed by atoms with Gasteiger partial charge in [0.2, 0.25) is 0 Å². The molecule has 26 heavy (non-hydrogen) atoms. The van der Waals surface area contributed by atoms with Crippen LogP contribution in [0, 0.1) is 12.3 Å². The van der Waals surface area contributed by atoms with Gasteiger partial charge in [-0.25, -0.2) is 0 Å². The zero-order valence-corrected chi connectivity index (χ0v) is 15.3. The van der Waals surface area contributed by atoms with Crippen molar-refractivity contribution in [2.24, 2.45) is 5.41 Å². The third-order valence-corrected chi connectivity index (χ3v) is 5.49. The maximum Gasteiger partial charge on any atom is 0.268 e. The minimum atomic E-state index is -0.303. The van der Waals surface area contributed by atoms with Crippen LogP contribution in [0.25, 0.3) is 5.69 Å². The van der Waals surface area contributed by atoms with Crippen LogP contribution in [0.4, 0.5) is 0 Å². The van der Waals surface area contributed by atoms with E-state index in [-0.39, 0.29) is 22.4 Å². The molecule has 0 saturated carbocycles. The molecule has 1 aliphatic carbocycles. The van der Waals surface area contributed by atoms with Gasteiger partial charge in [-0.05, 0) is 55.0 Å². The van der Waals surface area contributed by atoms with Gasteiger partial charge in [0.15, 0.2) is 0 Å². The van der Waals surface area contributed by atoms with Gasteiger partial charge in [-0.15, -0.1) is 0 Å². The van der Waals surface area contributed by atoms with Crippen LogP contribution in [0.3, 0.4) is 0 Å². The first kappa shape index (κ1) is 17.0. The van der Waals surface area contributed by atoms with Crippen LogP contribution in [-0.4, -0.2) is 30.2 Å². The summed E-state index contributed by atoms with van der Waals surface area (Å²) in [6.07, 6.45) is 4.92. The molecule has 5 nitrogen and oxygen atoms in total. The lowest BCUT2D eigenvalue weighted by atomic mass is 9.88. The second kappa shape index (κ2) is 6.40. The Morgan fingerprint density at radius 1 is 1.27 bits per heavy atom. The van der Waals surface area contributed by atoms with Gasteiger partial charge in [-0.3, -0.25) is 14.2 Å². The quantitative estimate of drug-likeness (QED) is 0.919. The van der Waals surface area contributed by atoms with Crippen LogP contribution >= 0.6 is 0 Å². The Labute approximate surface area is 153 Å². The van der Waals surface area contributed by atoms with Gasteiger partial charge in [-0.1, -0.05) is 19.1 Å². The number of amides is 1. The number of ether oxygens (including phenoxy) is 1. The number of aryl methyl sites for hydroxylation is 2. The minimum absolute atomic E-state index is 0.0301. The van der Waals surface area contributed by atoms with E-state index < -0.39 is 0 Å². The van der Waals surface area contributed by atoms with Crippen LogP contribution < -0.4 is 10.9 Å². The van der Waals surface area contributed by atoms with Crippen molar-refractivity contribution < 1.29 is 9.53 Å². The molecular formula is C21H24N2O3. The molecule has 0 atom stereocenters. The summed E-state index contributed by atoms with van der Waals surface area (Å²) in [5.74, 6) is -0.303. The number of aromatic nitrogens is 1. The highest BCUT2D eigenvalue weighted by Gasteiger charge is 2.34. The van der Waals surface area contributed by atoms with Crippen molar-refractivity contribution in [3.8, 4) is 5.69 Å². The molecule has 2 aliphatic rings. The van der Waals surface area contributed by atoms with Crippen molar-refractivity contribution in [1.29, 1.82) is 0 Å². The number of carbonyl (C=O) groups is 1. The number of hydrogen-bond donors (Lipinski definition) is 1. The molecule has 1 amide bonds. The molecular weight excluding hydrogens is 328 g/mol. The van der Waals surface area contributed by atoms with Crippen LogP contribution in [0.1, 0.15) is 40.4 Å². The fourth-order valence-corrected chi connectivity index (χ4v) is 3.85. The van der Waals surface area contributed by atoms with Crippen LogP contribution in [-0.2, 0) is 17.6 Å². The van der Waals surface area contributed by atoms with Gasteiger partial charge in [0.05, 0.1) is 18.9 Å². The summed E-state index contributed by atoms with van der Waals surface area (Å²) < 4.78 is 6.85. The topological polar surface area (TPSA) is 60.3 Å². The first-order valence-corrected chi connectivity index (χ1v) is 9.18. The number of nitrogens with one attached hydrogen (secondary N) is 1. The van der Waals surface area contributed by atoms with Crippen molar-refractivity contribution >= 4 is 5.91 Å². The maximum absolute atomic E-state index is 13.1. The molecule has 1 fully saturated rings. The molecule has 136 valence electrons. The van der Waals surface area contributed by atoms with E-state index in [0.29, 0.717) is 25.3 Å². The highest BCUT2D eigenvalue weighted by atomic mass is 16.5. The highest BCUT2D eigenvalue weighted by molar-refractivity contribution is 5.95. The van der Waals surface area contributed by atoms with Gasteiger partial charge in [0.25, 0.3) is 11.5 Å². The van der Waals surface area contributed by atoms with Gasteiger partial charge in [0, 0.05) is 18.2 Å². The van der Waals surface area contributed by atoms with E-state index in [9.17, 15) is 9.59 Å². The van der Waals surface area contributed by atoms with Crippen molar-refractivity contribution in [1.82, 2.24) is 9.88 Å². The fourth-order valence-electron chi connectivity index (χ4n) is 3.85. The van der Waals surface area contributed by atoms with E-state index in [0.717, 1.165) is 24.9 Å². The Bertz CT molecular complexity index is 925. The first-order chi connectivity index (χ1) is 12.5. The standard InChI is InChI=1S/C21H24N2O3/c1-14-9-10-23(17-8-4-6-15-5-3-7-16(15)17)20(25)18(14)19(24)22-11-21(2)12-26-13-21/h4,6,8-10H,3,5,7,11-13H2,1-2H3,(H,22,24). The monoisotopic (exact) mass is 352 g/mol. The Kier molecular flexibility index (Phi) is 4.19. The van der Waals surface area contributed by atoms with Crippen LogP contribution in [0.15, 0.2) is 35.3 Å². The normalized spacial score (nSPS) is 17.5. The Morgan fingerprint density at radius 3 is 2.81 bits per heavy atom. The average molecular weight is 352 g/mol. The van der Waals surface area contributed by atoms with Crippen LogP contribution in [0.5, 0.6) is 0 Å². The van der Waals surface area contributed by atoms with Crippen molar-refractivity contribution in [2.75, 3.05) is 19.8 Å². The summed E-state index contributed by atoms with van der Waals surface area (Å²) in [6, 6.07) is 7.93. The van der Waals surface area contributed by atoms with Crippen molar-refractivity contribution in [3.05, 3.63) is 63.1 Å². The number of nitrogens with zero attached hydrogens (tertiary/aromatic N) is 1. The first-order valence-electron chi connectivity index (χ1n) is 9.18. The Balaban J connectivity index is 1.69. The molecule has 4 rings (SSSR count). The van der Waals surface area contributed by atoms with E-state index in [1.54, 1.807) is 10.8 Å². The zero-order chi connectivity index (χ0) is 18.3. The lowest BCUT2D eigenvalue weighted by Gasteiger charge is -2.38. The third-order valence-electron chi connectivity index (χ3n) is 5.49. The summed E-state index contributed by atoms with van der Waals surface area (Å²) in [4.78, 5) is 25.8. The molecule has 0 bridgehead atoms. The number of pyridine rings is 1. The van der Waals surface area contributed by atoms with Crippen molar-refractivity contribution in [2.45, 2.75) is 33.1 Å². The van der Waals surface area contributed by atoms with E-state index in [2.05, 4.69) is 18.3 Å². The fraction of sp³-hybridized carbons (Fsp3) is 0.429. The number of rotatable bonds is 4. The van der Waals surface area contributed by atoms with Crippen LogP contribution in [0.2, 0.25) is 0 Å². The average Bonchev–Trinajstić information content (AvgIpc) is 3.07. The molecule has 1 aromatic heterocycles. The molecule has 5 heteroatoms. The van der Waals surface area contributed by atoms with E-state index in [4.69, 9.17) is 4.74 Å². The number of hydrogen-bond acceptors (Lipinski definition) is 3. The molecule has 1 N–H and O–H groups in total. The smallest absolute Gasteiger partial charge is 0.268 e. The number of benzene rings is 1. The molecule has 1 aliphatic heterocycles. The molecule has 0 radical (unpaired) electrons. The third kappa shape index (κ3) is 2.86. The lowest BCUT2D eigenvalue weighted by molar-refractivity contribution is -0.0978. The summed E-state index contributed by atoms with van der Waals surface area (Å²) in [5, 5.41) is 2.92. The summed E-state index contributed by atoms with van der Waals surface area (Å²) >= 11 is 0. The maximum atomic E-state index is 13.1. The van der Waals surface area contributed by atoms with Crippen molar-refractivity contribution in [3.63, 3.8) is 0 Å². The van der Waals surface area contributed by atoms with Gasteiger partial charge in [0.1, 0.15) is 5.56 Å². The van der Waals surface area contributed by atoms with E-state index >= 15 is 0 Å². The molecule has 1 aromatic carbocycles. The second-order valence-electron chi connectivity index (χ2n) is 7.80. The summed E-state index contributed by atoms with van der Waals surface area (Å²) in [6.45, 7) is 5.67. The Morgan fingerprint density at radius 2 is 2.08 bits per heavy atom. The second-order valence-corrected chi connectivity index (χ2v) is 7.80. The number of fused-ring (bicyclic) bond motifs is 1. The molecule has 1 saturated heterocycles. The number of carbonyl (C=O) groups excluding carboxylic acids is 1. The summed E-state index contributed by atoms with van der Waals surface area (Å²) in [5.41, 5.74) is 4.08. The minimum Gasteiger partial charge on any atom is -0.380 e. The SMILES string of the molecule is Cc1ccn(-c2cccc3c2CCC3)c(=O)c1C(=O)NCC1(C)COC1. The highest BCUT2D eigenvalue weighted by Crippen LogP contribution is 2.27. The molecule has 0 spiro atoms.